The van der Waals surface area contributed by atoms with E-state index in [2.05, 4.69) is 25.0 Å². The number of halogens is 1. The monoisotopic (exact) mass is 402 g/mol. The lowest BCUT2D eigenvalue weighted by atomic mass is 10.0. The first-order valence-electron chi connectivity index (χ1n) is 8.96. The van der Waals surface area contributed by atoms with Crippen LogP contribution in [0.25, 0.3) is 44.7 Å². The van der Waals surface area contributed by atoms with E-state index in [0.717, 1.165) is 22.0 Å². The maximum atomic E-state index is 12.4. The summed E-state index contributed by atoms with van der Waals surface area (Å²) in [6, 6.07) is 9.00. The molecule has 0 aliphatic heterocycles. The second kappa shape index (κ2) is 6.49. The van der Waals surface area contributed by atoms with Gasteiger partial charge in [-0.05, 0) is 36.8 Å². The number of aromatic amines is 1. The molecule has 1 N–H and O–H groups in total. The van der Waals surface area contributed by atoms with Gasteiger partial charge in [-0.3, -0.25) is 14.5 Å². The Morgan fingerprint density at radius 3 is 2.72 bits per heavy atom. The summed E-state index contributed by atoms with van der Waals surface area (Å²) in [5.41, 5.74) is 4.75. The van der Waals surface area contributed by atoms with E-state index in [-0.39, 0.29) is 10.9 Å². The predicted octanol–water partition coefficient (Wildman–Crippen LogP) is 3.90. The maximum Gasteiger partial charge on any atom is 0.209 e. The minimum absolute atomic E-state index is 0.204. The van der Waals surface area contributed by atoms with Crippen molar-refractivity contribution in [3.8, 4) is 22.6 Å². The molecule has 0 saturated heterocycles. The Morgan fingerprint density at radius 2 is 1.93 bits per heavy atom. The third-order valence-corrected chi connectivity index (χ3v) is 5.12. The van der Waals surface area contributed by atoms with Crippen LogP contribution in [0.5, 0.6) is 0 Å². The quantitative estimate of drug-likeness (QED) is 0.483. The zero-order valence-corrected chi connectivity index (χ0v) is 16.4. The highest BCUT2D eigenvalue weighted by molar-refractivity contribution is 6.35. The molecular formula is C21H15ClN6O. The molecule has 7 nitrogen and oxygen atoms in total. The highest BCUT2D eigenvalue weighted by Gasteiger charge is 2.18. The fourth-order valence-corrected chi connectivity index (χ4v) is 3.65. The average Bonchev–Trinajstić information content (AvgIpc) is 3.14. The van der Waals surface area contributed by atoms with E-state index in [9.17, 15) is 4.79 Å². The van der Waals surface area contributed by atoms with Crippen LogP contribution in [0.3, 0.4) is 0 Å². The van der Waals surface area contributed by atoms with Gasteiger partial charge in [0.15, 0.2) is 11.2 Å². The third kappa shape index (κ3) is 2.87. The molecule has 0 bridgehead atoms. The molecule has 0 radical (unpaired) electrons. The number of aromatic nitrogens is 6. The van der Waals surface area contributed by atoms with E-state index >= 15 is 0 Å². The maximum absolute atomic E-state index is 12.4. The van der Waals surface area contributed by atoms with Gasteiger partial charge in [0.2, 0.25) is 5.43 Å². The number of nitrogens with one attached hydrogen (secondary N) is 1. The number of pyridine rings is 2. The Kier molecular flexibility index (Phi) is 3.92. The summed E-state index contributed by atoms with van der Waals surface area (Å²) in [5.74, 6) is 0. The van der Waals surface area contributed by atoms with E-state index in [1.807, 2.05) is 38.4 Å². The summed E-state index contributed by atoms with van der Waals surface area (Å²) in [6.07, 6.45) is 5.13. The van der Waals surface area contributed by atoms with E-state index < -0.39 is 0 Å². The molecule has 0 unspecified atom stereocenters. The van der Waals surface area contributed by atoms with Crippen LogP contribution < -0.4 is 5.43 Å². The lowest BCUT2D eigenvalue weighted by molar-refractivity contribution is 0.770. The Hall–Kier alpha value is -3.58. The Balaban J connectivity index is 1.88. The molecule has 142 valence electrons. The van der Waals surface area contributed by atoms with Crippen molar-refractivity contribution in [1.29, 1.82) is 0 Å². The molecule has 0 atom stereocenters. The fourth-order valence-electron chi connectivity index (χ4n) is 3.39. The smallest absolute Gasteiger partial charge is 0.209 e. The van der Waals surface area contributed by atoms with Gasteiger partial charge in [-0.2, -0.15) is 5.10 Å². The first-order chi connectivity index (χ1) is 14.0. The molecule has 4 aromatic heterocycles. The molecule has 0 saturated carbocycles. The molecule has 8 heteroatoms. The fraction of sp³-hybridized carbons (Fsp3) is 0.0952. The lowest BCUT2D eigenvalue weighted by Crippen LogP contribution is -2.07. The van der Waals surface area contributed by atoms with Crippen LogP contribution in [0.1, 0.15) is 5.56 Å². The van der Waals surface area contributed by atoms with Crippen LogP contribution >= 0.6 is 11.6 Å². The number of nitrogens with zero attached hydrogens (tertiary/aromatic N) is 5. The number of rotatable bonds is 2. The van der Waals surface area contributed by atoms with Crippen molar-refractivity contribution in [2.24, 2.45) is 7.05 Å². The van der Waals surface area contributed by atoms with Crippen LogP contribution in [-0.4, -0.2) is 29.7 Å². The standard InChI is InChI=1S/C21H15ClN6O/c1-11-3-6-23-18-13(11)9-12(10-14(18)22)17-19(15-5-8-28(2)27-15)26-21-20(25-17)16(29)4-7-24-21/h3-10H,1-2H3,(H,24,26,29). The number of H-pyrrole nitrogens is 1. The van der Waals surface area contributed by atoms with Crippen LogP contribution in [0, 0.1) is 6.92 Å². The highest BCUT2D eigenvalue weighted by atomic mass is 35.5. The van der Waals surface area contributed by atoms with Crippen molar-refractivity contribution >= 4 is 33.7 Å². The van der Waals surface area contributed by atoms with Gasteiger partial charge in [0.25, 0.3) is 0 Å². The number of benzene rings is 1. The number of hydrogen-bond donors (Lipinski definition) is 1. The Bertz CT molecular complexity index is 1470. The van der Waals surface area contributed by atoms with Crippen LogP contribution in [0.4, 0.5) is 0 Å². The molecule has 29 heavy (non-hydrogen) atoms. The van der Waals surface area contributed by atoms with Crippen molar-refractivity contribution in [3.63, 3.8) is 0 Å². The van der Waals surface area contributed by atoms with Gasteiger partial charge in [-0.25, -0.2) is 9.97 Å². The molecule has 0 fully saturated rings. The minimum atomic E-state index is -0.204. The first-order valence-corrected chi connectivity index (χ1v) is 9.34. The lowest BCUT2D eigenvalue weighted by Gasteiger charge is -2.11. The number of fused-ring (bicyclic) bond motifs is 2. The van der Waals surface area contributed by atoms with E-state index in [1.54, 1.807) is 23.1 Å². The zero-order chi connectivity index (χ0) is 20.1. The predicted molar refractivity (Wildman–Crippen MR) is 113 cm³/mol. The van der Waals surface area contributed by atoms with Gasteiger partial charge in [-0.1, -0.05) is 11.6 Å². The van der Waals surface area contributed by atoms with Crippen LogP contribution in [-0.2, 0) is 7.05 Å². The Morgan fingerprint density at radius 1 is 1.07 bits per heavy atom. The SMILES string of the molecule is Cc1ccnc2c(Cl)cc(-c3nc4c(=O)cc[nH]c4nc3-c3ccn(C)n3)cc12. The largest absolute Gasteiger partial charge is 0.345 e. The number of aryl methyl sites for hydroxylation is 2. The molecule has 4 heterocycles. The van der Waals surface area contributed by atoms with Gasteiger partial charge in [-0.15, -0.1) is 0 Å². The Labute approximate surface area is 170 Å². The second-order valence-electron chi connectivity index (χ2n) is 6.82. The summed E-state index contributed by atoms with van der Waals surface area (Å²) in [5, 5.41) is 5.91. The van der Waals surface area contributed by atoms with Crippen molar-refractivity contribution in [3.05, 3.63) is 69.7 Å². The first kappa shape index (κ1) is 17.5. The van der Waals surface area contributed by atoms with E-state index in [0.29, 0.717) is 27.8 Å². The molecule has 0 aliphatic rings. The number of hydrogen-bond acceptors (Lipinski definition) is 5. The highest BCUT2D eigenvalue weighted by Crippen LogP contribution is 2.34. The molecule has 1 aromatic carbocycles. The summed E-state index contributed by atoms with van der Waals surface area (Å²) < 4.78 is 1.69. The average molecular weight is 403 g/mol. The summed E-state index contributed by atoms with van der Waals surface area (Å²) in [4.78, 5) is 29.1. The van der Waals surface area contributed by atoms with Gasteiger partial charge >= 0.3 is 0 Å². The molecule has 0 amide bonds. The molecule has 5 rings (SSSR count). The van der Waals surface area contributed by atoms with Gasteiger partial charge < -0.3 is 4.98 Å². The van der Waals surface area contributed by atoms with Crippen molar-refractivity contribution in [2.75, 3.05) is 0 Å². The molecule has 0 spiro atoms. The van der Waals surface area contributed by atoms with E-state index in [4.69, 9.17) is 11.6 Å². The van der Waals surface area contributed by atoms with Gasteiger partial charge in [0.05, 0.1) is 16.2 Å². The summed E-state index contributed by atoms with van der Waals surface area (Å²) in [7, 11) is 1.83. The van der Waals surface area contributed by atoms with E-state index in [1.165, 1.54) is 6.07 Å². The van der Waals surface area contributed by atoms with Crippen LogP contribution in [0.2, 0.25) is 5.02 Å². The normalized spacial score (nSPS) is 11.4. The summed E-state index contributed by atoms with van der Waals surface area (Å²) >= 11 is 6.54. The van der Waals surface area contributed by atoms with Crippen LogP contribution in [0.15, 0.2) is 53.7 Å². The zero-order valence-electron chi connectivity index (χ0n) is 15.6. The second-order valence-corrected chi connectivity index (χ2v) is 7.22. The van der Waals surface area contributed by atoms with Crippen molar-refractivity contribution in [1.82, 2.24) is 29.7 Å². The third-order valence-electron chi connectivity index (χ3n) is 4.83. The van der Waals surface area contributed by atoms with Gasteiger partial charge in [0, 0.05) is 42.7 Å². The minimum Gasteiger partial charge on any atom is -0.345 e. The van der Waals surface area contributed by atoms with Crippen molar-refractivity contribution < 1.29 is 0 Å². The van der Waals surface area contributed by atoms with Crippen molar-refractivity contribution in [2.45, 2.75) is 6.92 Å². The molecule has 5 aromatic rings. The molecular weight excluding hydrogens is 388 g/mol. The molecule has 0 aliphatic carbocycles. The topological polar surface area (TPSA) is 89.4 Å². The van der Waals surface area contributed by atoms with Gasteiger partial charge in [0.1, 0.15) is 11.4 Å². The summed E-state index contributed by atoms with van der Waals surface area (Å²) in [6.45, 7) is 2.00.